The Balaban J connectivity index is 1.44. The van der Waals surface area contributed by atoms with Gasteiger partial charge in [0.1, 0.15) is 6.07 Å². The minimum absolute atomic E-state index is 0.0308. The third kappa shape index (κ3) is 4.17. The number of likely N-dealkylation sites (tertiary alicyclic amines) is 1. The van der Waals surface area contributed by atoms with E-state index in [2.05, 4.69) is 33.4 Å². The molecule has 5 heteroatoms. The molecule has 1 aromatic heterocycles. The normalized spacial score (nSPS) is 20.0. The number of benzene rings is 1. The molecule has 1 saturated carbocycles. The Morgan fingerprint density at radius 1 is 1.19 bits per heavy atom. The van der Waals surface area contributed by atoms with Crippen LogP contribution in [-0.2, 0) is 11.3 Å². The summed E-state index contributed by atoms with van der Waals surface area (Å²) in [5.41, 5.74) is 3.54. The molecule has 4 rings (SSSR count). The van der Waals surface area contributed by atoms with Gasteiger partial charge < -0.3 is 5.32 Å². The molecule has 1 amide bonds. The Morgan fingerprint density at radius 2 is 2.00 bits per heavy atom. The highest BCUT2D eigenvalue weighted by atomic mass is 16.2. The molecule has 0 spiro atoms. The second-order valence-corrected chi connectivity index (χ2v) is 7.48. The van der Waals surface area contributed by atoms with Crippen LogP contribution in [-0.4, -0.2) is 28.4 Å². The van der Waals surface area contributed by atoms with Crippen molar-refractivity contribution in [2.24, 2.45) is 0 Å². The third-order valence-electron chi connectivity index (χ3n) is 5.51. The summed E-state index contributed by atoms with van der Waals surface area (Å²) >= 11 is 0. The molecule has 1 atom stereocenters. The maximum Gasteiger partial charge on any atom is 0.241 e. The number of anilines is 1. The second-order valence-electron chi connectivity index (χ2n) is 7.48. The van der Waals surface area contributed by atoms with Crippen molar-refractivity contribution in [3.8, 4) is 6.07 Å². The van der Waals surface area contributed by atoms with E-state index >= 15 is 0 Å². The predicted octanol–water partition coefficient (Wildman–Crippen LogP) is 3.82. The van der Waals surface area contributed by atoms with Gasteiger partial charge in [-0.1, -0.05) is 18.6 Å². The second kappa shape index (κ2) is 7.89. The average Bonchev–Trinajstić information content (AvgIpc) is 3.55. The minimum atomic E-state index is -0.185. The summed E-state index contributed by atoms with van der Waals surface area (Å²) in [6.07, 6.45) is 7.20. The topological polar surface area (TPSA) is 69.0 Å². The number of rotatable bonds is 5. The van der Waals surface area contributed by atoms with E-state index in [-0.39, 0.29) is 11.9 Å². The Morgan fingerprint density at radius 3 is 2.74 bits per heavy atom. The van der Waals surface area contributed by atoms with Crippen LogP contribution in [0, 0.1) is 11.3 Å². The van der Waals surface area contributed by atoms with Crippen molar-refractivity contribution in [2.45, 2.75) is 50.6 Å². The fourth-order valence-electron chi connectivity index (χ4n) is 3.82. The van der Waals surface area contributed by atoms with Gasteiger partial charge in [0, 0.05) is 18.4 Å². The van der Waals surface area contributed by atoms with E-state index in [1.807, 2.05) is 12.1 Å². The molecule has 1 N–H and O–H groups in total. The molecule has 0 unspecified atom stereocenters. The first-order valence-electron chi connectivity index (χ1n) is 9.73. The highest BCUT2D eigenvalue weighted by Gasteiger charge is 2.29. The number of pyridine rings is 1. The molecular weight excluding hydrogens is 336 g/mol. The number of carbonyl (C=O) groups excluding carboxylic acids is 1. The van der Waals surface area contributed by atoms with Crippen molar-refractivity contribution in [2.75, 3.05) is 11.9 Å². The summed E-state index contributed by atoms with van der Waals surface area (Å²) in [7, 11) is 0. The van der Waals surface area contributed by atoms with Crippen LogP contribution in [0.4, 0.5) is 5.69 Å². The molecule has 138 valence electrons. The SMILES string of the molecule is N#Cc1cccnc1CN1CCCC[C@@H]1C(=O)Nc1ccc(C2CC2)cc1. The minimum Gasteiger partial charge on any atom is -0.325 e. The monoisotopic (exact) mass is 360 g/mol. The molecular formula is C22H24N4O. The van der Waals surface area contributed by atoms with Crippen LogP contribution in [0.25, 0.3) is 0 Å². The highest BCUT2D eigenvalue weighted by molar-refractivity contribution is 5.94. The van der Waals surface area contributed by atoms with E-state index < -0.39 is 0 Å². The highest BCUT2D eigenvalue weighted by Crippen LogP contribution is 2.40. The molecule has 0 radical (unpaired) electrons. The molecule has 27 heavy (non-hydrogen) atoms. The molecule has 1 saturated heterocycles. The molecule has 2 fully saturated rings. The maximum absolute atomic E-state index is 12.9. The fraction of sp³-hybridized carbons (Fsp3) is 0.409. The smallest absolute Gasteiger partial charge is 0.241 e. The van der Waals surface area contributed by atoms with Crippen LogP contribution in [0.1, 0.15) is 54.8 Å². The Bertz CT molecular complexity index is 851. The first-order valence-corrected chi connectivity index (χ1v) is 9.73. The molecule has 1 aliphatic heterocycles. The summed E-state index contributed by atoms with van der Waals surface area (Å²) in [5.74, 6) is 0.750. The number of amides is 1. The van der Waals surface area contributed by atoms with Gasteiger partial charge in [0.05, 0.1) is 17.3 Å². The number of nitrogens with one attached hydrogen (secondary N) is 1. The number of hydrogen-bond acceptors (Lipinski definition) is 4. The van der Waals surface area contributed by atoms with Crippen molar-refractivity contribution >= 4 is 11.6 Å². The summed E-state index contributed by atoms with van der Waals surface area (Å²) in [6, 6.07) is 13.8. The first kappa shape index (κ1) is 17.7. The van der Waals surface area contributed by atoms with Gasteiger partial charge >= 0.3 is 0 Å². The number of nitrogens with zero attached hydrogens (tertiary/aromatic N) is 3. The summed E-state index contributed by atoms with van der Waals surface area (Å²) in [5, 5.41) is 12.4. The summed E-state index contributed by atoms with van der Waals surface area (Å²) in [6.45, 7) is 1.38. The zero-order chi connectivity index (χ0) is 18.6. The van der Waals surface area contributed by atoms with E-state index in [1.165, 1.54) is 18.4 Å². The summed E-state index contributed by atoms with van der Waals surface area (Å²) in [4.78, 5) is 19.4. The Labute approximate surface area is 160 Å². The number of aromatic nitrogens is 1. The van der Waals surface area contributed by atoms with E-state index in [9.17, 15) is 10.1 Å². The van der Waals surface area contributed by atoms with E-state index in [0.717, 1.165) is 43.1 Å². The van der Waals surface area contributed by atoms with Gasteiger partial charge in [0.25, 0.3) is 0 Å². The lowest BCUT2D eigenvalue weighted by molar-refractivity contribution is -0.122. The van der Waals surface area contributed by atoms with Crippen LogP contribution < -0.4 is 5.32 Å². The molecule has 0 bridgehead atoms. The Kier molecular flexibility index (Phi) is 5.17. The van der Waals surface area contributed by atoms with Crippen LogP contribution in [0.2, 0.25) is 0 Å². The van der Waals surface area contributed by atoms with Gasteiger partial charge in [-0.2, -0.15) is 5.26 Å². The van der Waals surface area contributed by atoms with Crippen molar-refractivity contribution in [1.82, 2.24) is 9.88 Å². The quantitative estimate of drug-likeness (QED) is 0.880. The zero-order valence-corrected chi connectivity index (χ0v) is 15.4. The van der Waals surface area contributed by atoms with Crippen LogP contribution >= 0.6 is 0 Å². The molecule has 2 aliphatic rings. The molecule has 1 aliphatic carbocycles. The van der Waals surface area contributed by atoms with E-state index in [4.69, 9.17) is 0 Å². The fourth-order valence-corrected chi connectivity index (χ4v) is 3.82. The largest absolute Gasteiger partial charge is 0.325 e. The number of piperidine rings is 1. The molecule has 2 heterocycles. The molecule has 1 aromatic carbocycles. The van der Waals surface area contributed by atoms with Crippen LogP contribution in [0.5, 0.6) is 0 Å². The van der Waals surface area contributed by atoms with Gasteiger partial charge in [0.15, 0.2) is 0 Å². The molecule has 5 nitrogen and oxygen atoms in total. The lowest BCUT2D eigenvalue weighted by Crippen LogP contribution is -2.46. The number of hydrogen-bond donors (Lipinski definition) is 1. The lowest BCUT2D eigenvalue weighted by Gasteiger charge is -2.34. The third-order valence-corrected chi connectivity index (χ3v) is 5.51. The van der Waals surface area contributed by atoms with Crippen LogP contribution in [0.3, 0.4) is 0 Å². The van der Waals surface area contributed by atoms with Gasteiger partial charge in [-0.15, -0.1) is 0 Å². The maximum atomic E-state index is 12.9. The van der Waals surface area contributed by atoms with E-state index in [1.54, 1.807) is 18.3 Å². The summed E-state index contributed by atoms with van der Waals surface area (Å²) < 4.78 is 0. The van der Waals surface area contributed by atoms with Crippen LogP contribution in [0.15, 0.2) is 42.6 Å². The van der Waals surface area contributed by atoms with Gasteiger partial charge in [-0.25, -0.2) is 0 Å². The lowest BCUT2D eigenvalue weighted by atomic mass is 10.0. The number of nitriles is 1. The van der Waals surface area contributed by atoms with Gasteiger partial charge in [0.2, 0.25) is 5.91 Å². The predicted molar refractivity (Wildman–Crippen MR) is 104 cm³/mol. The van der Waals surface area contributed by atoms with Crippen molar-refractivity contribution in [3.63, 3.8) is 0 Å². The first-order chi connectivity index (χ1) is 13.2. The number of carbonyl (C=O) groups is 1. The molecule has 2 aromatic rings. The van der Waals surface area contributed by atoms with Gasteiger partial charge in [-0.3, -0.25) is 14.7 Å². The standard InChI is InChI=1S/C22H24N4O/c23-14-18-4-3-12-24-20(18)15-26-13-2-1-5-21(26)22(27)25-19-10-8-17(9-11-19)16-6-7-16/h3-4,8-12,16,21H,1-2,5-7,13,15H2,(H,25,27)/t21-/m1/s1. The average molecular weight is 360 g/mol. The van der Waals surface area contributed by atoms with Crippen molar-refractivity contribution in [3.05, 3.63) is 59.4 Å². The Hall–Kier alpha value is -2.71. The van der Waals surface area contributed by atoms with Crippen molar-refractivity contribution in [1.29, 1.82) is 5.26 Å². The van der Waals surface area contributed by atoms with E-state index in [0.29, 0.717) is 12.1 Å². The van der Waals surface area contributed by atoms with Gasteiger partial charge in [-0.05, 0) is 68.0 Å². The zero-order valence-electron chi connectivity index (χ0n) is 15.4. The van der Waals surface area contributed by atoms with Crippen molar-refractivity contribution < 1.29 is 4.79 Å².